The van der Waals surface area contributed by atoms with Crippen LogP contribution in [0.4, 0.5) is 5.69 Å². The first-order chi connectivity index (χ1) is 9.65. The van der Waals surface area contributed by atoms with Gasteiger partial charge in [-0.1, -0.05) is 18.2 Å². The zero-order valence-electron chi connectivity index (χ0n) is 11.1. The Morgan fingerprint density at radius 3 is 2.80 bits per heavy atom. The number of morpholine rings is 1. The highest BCUT2D eigenvalue weighted by molar-refractivity contribution is 5.92. The predicted molar refractivity (Wildman–Crippen MR) is 73.5 cm³/mol. The molecule has 1 aliphatic heterocycles. The normalized spacial score (nSPS) is 19.5. The molecule has 2 rings (SSSR count). The summed E-state index contributed by atoms with van der Waals surface area (Å²) in [6.07, 6.45) is -0.0153. The smallest absolute Gasteiger partial charge is 0.305 e. The van der Waals surface area contributed by atoms with Crippen LogP contribution in [0.25, 0.3) is 0 Å². The molecule has 1 aliphatic rings. The molecule has 1 heterocycles. The lowest BCUT2D eigenvalue weighted by atomic mass is 10.1. The summed E-state index contributed by atoms with van der Waals surface area (Å²) in [5.74, 6) is -1.03. The van der Waals surface area contributed by atoms with Crippen LogP contribution in [-0.4, -0.2) is 54.2 Å². The third-order valence-corrected chi connectivity index (χ3v) is 3.16. The Kier molecular flexibility index (Phi) is 5.09. The number of carbonyl (C=O) groups is 2. The first-order valence-electron chi connectivity index (χ1n) is 6.53. The van der Waals surface area contributed by atoms with Crippen molar-refractivity contribution >= 4 is 17.6 Å². The van der Waals surface area contributed by atoms with Crippen molar-refractivity contribution in [3.05, 3.63) is 30.3 Å². The van der Waals surface area contributed by atoms with Crippen molar-refractivity contribution in [2.45, 2.75) is 12.5 Å². The summed E-state index contributed by atoms with van der Waals surface area (Å²) >= 11 is 0. The SMILES string of the molecule is O=C(O)CC1COCCN1CC(=O)Nc1ccccc1. The number of aliphatic carboxylic acids is 1. The number of carbonyl (C=O) groups excluding carboxylic acids is 1. The van der Waals surface area contributed by atoms with Gasteiger partial charge in [-0.3, -0.25) is 14.5 Å². The lowest BCUT2D eigenvalue weighted by Crippen LogP contribution is -2.49. The van der Waals surface area contributed by atoms with E-state index in [4.69, 9.17) is 9.84 Å². The van der Waals surface area contributed by atoms with Crippen molar-refractivity contribution in [3.63, 3.8) is 0 Å². The van der Waals surface area contributed by atoms with Gasteiger partial charge < -0.3 is 15.2 Å². The molecule has 2 N–H and O–H groups in total. The van der Waals surface area contributed by atoms with Crippen LogP contribution in [-0.2, 0) is 14.3 Å². The predicted octanol–water partition coefficient (Wildman–Crippen LogP) is 0.801. The van der Waals surface area contributed by atoms with Crippen LogP contribution in [0, 0.1) is 0 Å². The fourth-order valence-corrected chi connectivity index (χ4v) is 2.19. The maximum absolute atomic E-state index is 12.0. The first kappa shape index (κ1) is 14.5. The lowest BCUT2D eigenvalue weighted by Gasteiger charge is -2.34. The zero-order valence-corrected chi connectivity index (χ0v) is 11.1. The highest BCUT2D eigenvalue weighted by Gasteiger charge is 2.26. The quantitative estimate of drug-likeness (QED) is 0.833. The number of hydrogen-bond donors (Lipinski definition) is 2. The summed E-state index contributed by atoms with van der Waals surface area (Å²) in [7, 11) is 0. The molecule has 108 valence electrons. The number of hydrogen-bond acceptors (Lipinski definition) is 4. The molecule has 0 spiro atoms. The fourth-order valence-electron chi connectivity index (χ4n) is 2.19. The van der Waals surface area contributed by atoms with Gasteiger partial charge in [0.15, 0.2) is 0 Å². The van der Waals surface area contributed by atoms with Gasteiger partial charge in [-0.2, -0.15) is 0 Å². The first-order valence-corrected chi connectivity index (χ1v) is 6.53. The molecule has 1 atom stereocenters. The third kappa shape index (κ3) is 4.32. The van der Waals surface area contributed by atoms with Crippen molar-refractivity contribution in [3.8, 4) is 0 Å². The van der Waals surface area contributed by atoms with Gasteiger partial charge in [0.25, 0.3) is 0 Å². The minimum atomic E-state index is -0.881. The van der Waals surface area contributed by atoms with E-state index >= 15 is 0 Å². The molecule has 20 heavy (non-hydrogen) atoms. The van der Waals surface area contributed by atoms with Crippen molar-refractivity contribution in [1.29, 1.82) is 0 Å². The Morgan fingerprint density at radius 2 is 2.10 bits per heavy atom. The average molecular weight is 278 g/mol. The molecule has 6 heteroatoms. The van der Waals surface area contributed by atoms with E-state index in [1.54, 1.807) is 0 Å². The number of rotatable bonds is 5. The molecular formula is C14H18N2O4. The van der Waals surface area contributed by atoms with E-state index in [1.165, 1.54) is 0 Å². The Bertz CT molecular complexity index is 464. The summed E-state index contributed by atoms with van der Waals surface area (Å²) in [5, 5.41) is 11.7. The number of para-hydroxylation sites is 1. The van der Waals surface area contributed by atoms with E-state index in [2.05, 4.69) is 5.32 Å². The summed E-state index contributed by atoms with van der Waals surface area (Å²) in [4.78, 5) is 24.6. The van der Waals surface area contributed by atoms with Crippen molar-refractivity contribution < 1.29 is 19.4 Å². The van der Waals surface area contributed by atoms with Gasteiger partial charge in [-0.15, -0.1) is 0 Å². The van der Waals surface area contributed by atoms with Gasteiger partial charge in [-0.05, 0) is 12.1 Å². The van der Waals surface area contributed by atoms with Crippen molar-refractivity contribution in [2.24, 2.45) is 0 Å². The molecule has 1 aromatic rings. The topological polar surface area (TPSA) is 78.9 Å². The standard InChI is InChI=1S/C14H18N2O4/c17-13(15-11-4-2-1-3-5-11)9-16-6-7-20-10-12(16)8-14(18)19/h1-5,12H,6-10H2,(H,15,17)(H,18,19). The molecule has 0 bridgehead atoms. The van der Waals surface area contributed by atoms with Gasteiger partial charge in [0.2, 0.25) is 5.91 Å². The van der Waals surface area contributed by atoms with Crippen LogP contribution in [0.1, 0.15) is 6.42 Å². The second kappa shape index (κ2) is 7.02. The number of amides is 1. The number of anilines is 1. The zero-order chi connectivity index (χ0) is 14.4. The van der Waals surface area contributed by atoms with Crippen LogP contribution < -0.4 is 5.32 Å². The fraction of sp³-hybridized carbons (Fsp3) is 0.429. The highest BCUT2D eigenvalue weighted by atomic mass is 16.5. The Hall–Kier alpha value is -1.92. The number of carboxylic acids is 1. The van der Waals surface area contributed by atoms with Crippen molar-refractivity contribution in [2.75, 3.05) is 31.6 Å². The number of nitrogens with zero attached hydrogens (tertiary/aromatic N) is 1. The van der Waals surface area contributed by atoms with Gasteiger partial charge in [0, 0.05) is 18.3 Å². The maximum Gasteiger partial charge on any atom is 0.305 e. The Labute approximate surface area is 117 Å². The summed E-state index contributed by atoms with van der Waals surface area (Å²) < 4.78 is 5.28. The minimum absolute atomic E-state index is 0.0153. The van der Waals surface area contributed by atoms with E-state index in [9.17, 15) is 9.59 Å². The molecular weight excluding hydrogens is 260 g/mol. The number of benzene rings is 1. The van der Waals surface area contributed by atoms with Crippen LogP contribution >= 0.6 is 0 Å². The molecule has 1 amide bonds. The second-order valence-corrected chi connectivity index (χ2v) is 4.71. The molecule has 1 saturated heterocycles. The third-order valence-electron chi connectivity index (χ3n) is 3.16. The lowest BCUT2D eigenvalue weighted by molar-refractivity contribution is -0.141. The van der Waals surface area contributed by atoms with E-state index in [0.29, 0.717) is 19.8 Å². The molecule has 0 aromatic heterocycles. The van der Waals surface area contributed by atoms with Gasteiger partial charge in [0.05, 0.1) is 26.2 Å². The molecule has 0 saturated carbocycles. The van der Waals surface area contributed by atoms with Crippen LogP contribution in [0.3, 0.4) is 0 Å². The van der Waals surface area contributed by atoms with Gasteiger partial charge >= 0.3 is 5.97 Å². The summed E-state index contributed by atoms with van der Waals surface area (Å²) in [6.45, 7) is 1.62. The Morgan fingerprint density at radius 1 is 1.35 bits per heavy atom. The molecule has 1 fully saturated rings. The van der Waals surface area contributed by atoms with E-state index in [1.807, 2.05) is 35.2 Å². The van der Waals surface area contributed by atoms with Crippen LogP contribution in [0.15, 0.2) is 30.3 Å². The number of ether oxygens (including phenoxy) is 1. The molecule has 0 aliphatic carbocycles. The van der Waals surface area contributed by atoms with Crippen LogP contribution in [0.5, 0.6) is 0 Å². The Balaban J connectivity index is 1.89. The van der Waals surface area contributed by atoms with Crippen molar-refractivity contribution in [1.82, 2.24) is 4.90 Å². The molecule has 1 aromatic carbocycles. The highest BCUT2D eigenvalue weighted by Crippen LogP contribution is 2.11. The van der Waals surface area contributed by atoms with Gasteiger partial charge in [0.1, 0.15) is 0 Å². The van der Waals surface area contributed by atoms with Gasteiger partial charge in [-0.25, -0.2) is 0 Å². The van der Waals surface area contributed by atoms with E-state index < -0.39 is 5.97 Å². The largest absolute Gasteiger partial charge is 0.481 e. The number of nitrogens with one attached hydrogen (secondary N) is 1. The van der Waals surface area contributed by atoms with E-state index in [-0.39, 0.29) is 24.9 Å². The van der Waals surface area contributed by atoms with Crippen LogP contribution in [0.2, 0.25) is 0 Å². The van der Waals surface area contributed by atoms with E-state index in [0.717, 1.165) is 5.69 Å². The summed E-state index contributed by atoms with van der Waals surface area (Å²) in [5.41, 5.74) is 0.737. The molecule has 6 nitrogen and oxygen atoms in total. The monoisotopic (exact) mass is 278 g/mol. The average Bonchev–Trinajstić information content (AvgIpc) is 2.41. The number of carboxylic acid groups (broad SMARTS) is 1. The molecule has 0 radical (unpaired) electrons. The maximum atomic E-state index is 12.0. The minimum Gasteiger partial charge on any atom is -0.481 e. The second-order valence-electron chi connectivity index (χ2n) is 4.71. The molecule has 1 unspecified atom stereocenters. The summed E-state index contributed by atoms with van der Waals surface area (Å²) in [6, 6.07) is 8.94.